The van der Waals surface area contributed by atoms with Crippen molar-refractivity contribution < 1.29 is 9.53 Å². The molecule has 2 N–H and O–H groups in total. The SMILES string of the molecule is CC(C)OC1CN(C(=O)CC2CCNCc3cc(-c4ccnc(Nc5cnn(C)c5)n4)ccc32)C1. The summed E-state index contributed by atoms with van der Waals surface area (Å²) in [6.45, 7) is 7.16. The van der Waals surface area contributed by atoms with Crippen LogP contribution in [0.15, 0.2) is 42.9 Å². The Morgan fingerprint density at radius 3 is 2.91 bits per heavy atom. The number of nitrogens with zero attached hydrogens (tertiary/aromatic N) is 5. The molecule has 0 bridgehead atoms. The number of aromatic nitrogens is 4. The monoisotopic (exact) mass is 475 g/mol. The van der Waals surface area contributed by atoms with E-state index in [0.29, 0.717) is 25.5 Å². The molecule has 1 saturated heterocycles. The van der Waals surface area contributed by atoms with Crippen LogP contribution in [0.25, 0.3) is 11.3 Å². The first-order chi connectivity index (χ1) is 16.9. The smallest absolute Gasteiger partial charge is 0.227 e. The van der Waals surface area contributed by atoms with Gasteiger partial charge < -0.3 is 20.3 Å². The minimum Gasteiger partial charge on any atom is -0.372 e. The molecule has 2 aliphatic heterocycles. The van der Waals surface area contributed by atoms with Gasteiger partial charge in [0.05, 0.1) is 29.8 Å². The van der Waals surface area contributed by atoms with Gasteiger partial charge in [0.1, 0.15) is 0 Å². The topological polar surface area (TPSA) is 97.2 Å². The Hall–Kier alpha value is -3.30. The summed E-state index contributed by atoms with van der Waals surface area (Å²) >= 11 is 0. The molecule has 0 saturated carbocycles. The predicted octanol–water partition coefficient (Wildman–Crippen LogP) is 3.22. The Morgan fingerprint density at radius 1 is 1.29 bits per heavy atom. The van der Waals surface area contributed by atoms with E-state index in [9.17, 15) is 4.79 Å². The van der Waals surface area contributed by atoms with Crippen LogP contribution in [0, 0.1) is 0 Å². The zero-order chi connectivity index (χ0) is 24.4. The molecule has 4 heterocycles. The summed E-state index contributed by atoms with van der Waals surface area (Å²) in [5, 5.41) is 10.9. The van der Waals surface area contributed by atoms with E-state index in [0.717, 1.165) is 36.5 Å². The Labute approximate surface area is 205 Å². The fraction of sp³-hybridized carbons (Fsp3) is 0.462. The van der Waals surface area contributed by atoms with Crippen molar-refractivity contribution in [2.45, 2.75) is 51.4 Å². The standard InChI is InChI=1S/C26H33N7O2/c1-17(2)35-22-15-33(16-22)25(34)11-18-6-8-27-12-20-10-19(4-5-23(18)20)24-7-9-28-26(31-24)30-21-13-29-32(3)14-21/h4-5,7,9-10,13-14,17-18,22,27H,6,8,11-12,15-16H2,1-3H3,(H,28,30,31). The summed E-state index contributed by atoms with van der Waals surface area (Å²) in [6.07, 6.45) is 7.24. The Bertz CT molecular complexity index is 1190. The lowest BCUT2D eigenvalue weighted by atomic mass is 9.88. The van der Waals surface area contributed by atoms with E-state index in [1.165, 1.54) is 11.1 Å². The van der Waals surface area contributed by atoms with Crippen molar-refractivity contribution in [3.05, 3.63) is 54.0 Å². The van der Waals surface area contributed by atoms with E-state index in [-0.39, 0.29) is 24.0 Å². The molecule has 1 amide bonds. The van der Waals surface area contributed by atoms with Crippen LogP contribution in [-0.4, -0.2) is 62.4 Å². The van der Waals surface area contributed by atoms with E-state index >= 15 is 0 Å². The molecule has 0 spiro atoms. The Balaban J connectivity index is 1.29. The number of likely N-dealkylation sites (tertiary alicyclic amines) is 1. The lowest BCUT2D eigenvalue weighted by molar-refractivity contribution is -0.148. The van der Waals surface area contributed by atoms with Gasteiger partial charge in [-0.05, 0) is 56.0 Å². The lowest BCUT2D eigenvalue weighted by Gasteiger charge is -2.40. The highest BCUT2D eigenvalue weighted by atomic mass is 16.5. The van der Waals surface area contributed by atoms with Gasteiger partial charge in [-0.1, -0.05) is 12.1 Å². The number of fused-ring (bicyclic) bond motifs is 1. The van der Waals surface area contributed by atoms with E-state index in [1.54, 1.807) is 17.1 Å². The normalized spacial score (nSPS) is 18.2. The number of hydrogen-bond donors (Lipinski definition) is 2. The zero-order valence-electron chi connectivity index (χ0n) is 20.6. The van der Waals surface area contributed by atoms with Gasteiger partial charge in [-0.2, -0.15) is 5.10 Å². The summed E-state index contributed by atoms with van der Waals surface area (Å²) in [6, 6.07) is 8.39. The maximum Gasteiger partial charge on any atom is 0.227 e. The molecule has 1 aromatic carbocycles. The van der Waals surface area contributed by atoms with Crippen molar-refractivity contribution in [1.82, 2.24) is 30.0 Å². The summed E-state index contributed by atoms with van der Waals surface area (Å²) in [7, 11) is 1.87. The van der Waals surface area contributed by atoms with Crippen LogP contribution in [0.3, 0.4) is 0 Å². The number of rotatable bonds is 7. The van der Waals surface area contributed by atoms with Crippen LogP contribution >= 0.6 is 0 Å². The van der Waals surface area contributed by atoms with Gasteiger partial charge in [0.25, 0.3) is 0 Å². The number of carbonyl (C=O) groups excluding carboxylic acids is 1. The van der Waals surface area contributed by atoms with Crippen molar-refractivity contribution in [2.24, 2.45) is 7.05 Å². The van der Waals surface area contributed by atoms with Crippen molar-refractivity contribution in [3.8, 4) is 11.3 Å². The number of anilines is 2. The fourth-order valence-corrected chi connectivity index (χ4v) is 4.83. The third kappa shape index (κ3) is 5.52. The number of carbonyl (C=O) groups is 1. The molecule has 9 heteroatoms. The molecule has 35 heavy (non-hydrogen) atoms. The molecule has 0 aliphatic carbocycles. The minimum absolute atomic E-state index is 0.176. The molecule has 1 fully saturated rings. The molecular formula is C26H33N7O2. The first kappa shape index (κ1) is 23.4. The molecular weight excluding hydrogens is 442 g/mol. The Kier molecular flexibility index (Phi) is 6.79. The van der Waals surface area contributed by atoms with Crippen LogP contribution in [0.1, 0.15) is 43.7 Å². The first-order valence-electron chi connectivity index (χ1n) is 12.3. The average Bonchev–Trinajstić information content (AvgIpc) is 3.11. The van der Waals surface area contributed by atoms with Crippen molar-refractivity contribution in [2.75, 3.05) is 25.0 Å². The summed E-state index contributed by atoms with van der Waals surface area (Å²) in [5.41, 5.74) is 5.20. The van der Waals surface area contributed by atoms with Crippen LogP contribution in [0.4, 0.5) is 11.6 Å². The lowest BCUT2D eigenvalue weighted by Crippen LogP contribution is -2.55. The third-order valence-corrected chi connectivity index (χ3v) is 6.57. The number of amides is 1. The molecule has 2 aliphatic rings. The van der Waals surface area contributed by atoms with Crippen LogP contribution in [0.2, 0.25) is 0 Å². The second-order valence-corrected chi connectivity index (χ2v) is 9.68. The van der Waals surface area contributed by atoms with Crippen molar-refractivity contribution in [1.29, 1.82) is 0 Å². The molecule has 2 aromatic heterocycles. The highest BCUT2D eigenvalue weighted by Gasteiger charge is 2.33. The van der Waals surface area contributed by atoms with Gasteiger partial charge >= 0.3 is 0 Å². The third-order valence-electron chi connectivity index (χ3n) is 6.57. The van der Waals surface area contributed by atoms with Crippen LogP contribution in [0.5, 0.6) is 0 Å². The summed E-state index contributed by atoms with van der Waals surface area (Å²) in [5.74, 6) is 0.957. The molecule has 3 aromatic rings. The summed E-state index contributed by atoms with van der Waals surface area (Å²) < 4.78 is 7.54. The largest absolute Gasteiger partial charge is 0.372 e. The molecule has 5 rings (SSSR count). The zero-order valence-corrected chi connectivity index (χ0v) is 20.6. The van der Waals surface area contributed by atoms with Gasteiger partial charge in [-0.25, -0.2) is 9.97 Å². The second kappa shape index (κ2) is 10.1. The predicted molar refractivity (Wildman–Crippen MR) is 134 cm³/mol. The Morgan fingerprint density at radius 2 is 2.14 bits per heavy atom. The number of benzene rings is 1. The van der Waals surface area contributed by atoms with E-state index in [4.69, 9.17) is 9.72 Å². The molecule has 9 nitrogen and oxygen atoms in total. The van der Waals surface area contributed by atoms with Gasteiger partial charge in [-0.15, -0.1) is 0 Å². The second-order valence-electron chi connectivity index (χ2n) is 9.68. The molecule has 0 radical (unpaired) electrons. The van der Waals surface area contributed by atoms with Gasteiger partial charge in [-0.3, -0.25) is 9.48 Å². The van der Waals surface area contributed by atoms with Crippen molar-refractivity contribution >= 4 is 17.5 Å². The summed E-state index contributed by atoms with van der Waals surface area (Å²) in [4.78, 5) is 23.9. The maximum absolute atomic E-state index is 12.9. The van der Waals surface area contributed by atoms with E-state index < -0.39 is 0 Å². The van der Waals surface area contributed by atoms with Gasteiger partial charge in [0, 0.05) is 51.1 Å². The quantitative estimate of drug-likeness (QED) is 0.542. The highest BCUT2D eigenvalue weighted by molar-refractivity contribution is 5.78. The molecule has 184 valence electrons. The highest BCUT2D eigenvalue weighted by Crippen LogP contribution is 2.33. The van der Waals surface area contributed by atoms with Crippen LogP contribution < -0.4 is 10.6 Å². The van der Waals surface area contributed by atoms with Crippen LogP contribution in [-0.2, 0) is 23.1 Å². The van der Waals surface area contributed by atoms with E-state index in [1.807, 2.05) is 38.1 Å². The number of nitrogens with one attached hydrogen (secondary N) is 2. The number of aryl methyl sites for hydroxylation is 1. The van der Waals surface area contributed by atoms with Crippen molar-refractivity contribution in [3.63, 3.8) is 0 Å². The molecule has 1 atom stereocenters. The number of hydrogen-bond acceptors (Lipinski definition) is 7. The van der Waals surface area contributed by atoms with E-state index in [2.05, 4.69) is 38.9 Å². The average molecular weight is 476 g/mol. The maximum atomic E-state index is 12.9. The molecule has 1 unspecified atom stereocenters. The first-order valence-corrected chi connectivity index (χ1v) is 12.3. The van der Waals surface area contributed by atoms with Gasteiger partial charge in [0.15, 0.2) is 0 Å². The minimum atomic E-state index is 0.176. The fourth-order valence-electron chi connectivity index (χ4n) is 4.83. The number of ether oxygens (including phenoxy) is 1. The van der Waals surface area contributed by atoms with Gasteiger partial charge in [0.2, 0.25) is 11.9 Å².